The van der Waals surface area contributed by atoms with Gasteiger partial charge in [-0.15, -0.1) is 0 Å². The Hall–Kier alpha value is -1.78. The smallest absolute Gasteiger partial charge is 0.130 e. The predicted molar refractivity (Wildman–Crippen MR) is 103 cm³/mol. The first-order chi connectivity index (χ1) is 12.9. The summed E-state index contributed by atoms with van der Waals surface area (Å²) in [6.45, 7) is 1.52. The van der Waals surface area contributed by atoms with Crippen LogP contribution in [0.25, 0.3) is 0 Å². The van der Waals surface area contributed by atoms with Gasteiger partial charge in [0.25, 0.3) is 0 Å². The molecule has 2 aromatic rings. The fourth-order valence-electron chi connectivity index (χ4n) is 4.91. The molecule has 0 spiro atoms. The largest absolute Gasteiger partial charge is 0.384 e. The summed E-state index contributed by atoms with van der Waals surface area (Å²) in [4.78, 5) is 8.93. The van der Waals surface area contributed by atoms with Crippen molar-refractivity contribution >= 4 is 0 Å². The molecule has 1 heterocycles. The minimum Gasteiger partial charge on any atom is -0.384 e. The quantitative estimate of drug-likeness (QED) is 0.826. The number of hydrogen-bond donors (Lipinski definition) is 1. The molecule has 1 N–H and O–H groups in total. The number of fused-ring (bicyclic) bond motifs is 1. The van der Waals surface area contributed by atoms with Crippen LogP contribution in [0.5, 0.6) is 0 Å². The highest BCUT2D eigenvalue weighted by Crippen LogP contribution is 2.54. The summed E-state index contributed by atoms with van der Waals surface area (Å²) < 4.78 is 5.09. The van der Waals surface area contributed by atoms with Crippen LogP contribution < -0.4 is 5.32 Å². The Morgan fingerprint density at radius 2 is 1.77 bits per heavy atom. The third-order valence-electron chi connectivity index (χ3n) is 6.20. The molecule has 0 bridgehead atoms. The molecule has 0 aliphatic heterocycles. The number of hydrogen-bond acceptors (Lipinski definition) is 4. The minimum absolute atomic E-state index is 0.580. The van der Waals surface area contributed by atoms with E-state index in [9.17, 15) is 0 Å². The van der Waals surface area contributed by atoms with Crippen molar-refractivity contribution in [2.75, 3.05) is 13.7 Å². The molecule has 1 aromatic heterocycles. The number of aromatic nitrogens is 2. The normalized spacial score (nSPS) is 27.6. The highest BCUT2D eigenvalue weighted by atomic mass is 16.5. The standard InChI is InChI=1S/C22H29N3O/c1-26-12-11-20-23-13-16(14-24-20)15-25-22-19-10-6-5-9-18(19)21(22)17-7-3-2-4-8-17/h2-4,7-8,13-14,18-19,21-22,25H,5-6,9-12,15H2,1H3/t18-,19-,21+,22+/m0/s1. The van der Waals surface area contributed by atoms with Crippen LogP contribution in [0.4, 0.5) is 0 Å². The summed E-state index contributed by atoms with van der Waals surface area (Å²) in [7, 11) is 1.71. The second kappa shape index (κ2) is 8.28. The first kappa shape index (κ1) is 17.6. The maximum atomic E-state index is 5.09. The fourth-order valence-corrected chi connectivity index (χ4v) is 4.91. The van der Waals surface area contributed by atoms with Gasteiger partial charge in [-0.1, -0.05) is 43.2 Å². The average Bonchev–Trinajstić information content (AvgIpc) is 2.69. The average molecular weight is 351 g/mol. The van der Waals surface area contributed by atoms with Gasteiger partial charge in [0.15, 0.2) is 0 Å². The third-order valence-corrected chi connectivity index (χ3v) is 6.20. The first-order valence-electron chi connectivity index (χ1n) is 9.94. The van der Waals surface area contributed by atoms with Crippen LogP contribution in [-0.2, 0) is 17.7 Å². The van der Waals surface area contributed by atoms with Gasteiger partial charge >= 0.3 is 0 Å². The lowest BCUT2D eigenvalue weighted by molar-refractivity contribution is 0.0254. The summed E-state index contributed by atoms with van der Waals surface area (Å²) in [6.07, 6.45) is 10.2. The van der Waals surface area contributed by atoms with E-state index in [1.54, 1.807) is 7.11 Å². The van der Waals surface area contributed by atoms with Crippen molar-refractivity contribution in [3.8, 4) is 0 Å². The molecule has 0 amide bonds. The van der Waals surface area contributed by atoms with Gasteiger partial charge < -0.3 is 10.1 Å². The molecule has 4 atom stereocenters. The molecule has 4 rings (SSSR count). The second-order valence-electron chi connectivity index (χ2n) is 7.71. The molecule has 0 saturated heterocycles. The molecular weight excluding hydrogens is 322 g/mol. The minimum atomic E-state index is 0.580. The van der Waals surface area contributed by atoms with Crippen LogP contribution in [-0.4, -0.2) is 29.7 Å². The molecule has 1 aromatic carbocycles. The van der Waals surface area contributed by atoms with Crippen LogP contribution in [0.1, 0.15) is 48.6 Å². The molecule has 2 aliphatic carbocycles. The van der Waals surface area contributed by atoms with Crippen molar-refractivity contribution in [3.05, 3.63) is 59.7 Å². The number of methoxy groups -OCH3 is 1. The zero-order valence-electron chi connectivity index (χ0n) is 15.6. The number of ether oxygens (including phenoxy) is 1. The zero-order valence-corrected chi connectivity index (χ0v) is 15.6. The van der Waals surface area contributed by atoms with Gasteiger partial charge in [-0.05, 0) is 30.2 Å². The monoisotopic (exact) mass is 351 g/mol. The Kier molecular flexibility index (Phi) is 5.61. The topological polar surface area (TPSA) is 47.0 Å². The molecule has 0 unspecified atom stereocenters. The predicted octanol–water partition coefficient (Wildman–Crippen LogP) is 3.73. The fraction of sp³-hybridized carbons (Fsp3) is 0.545. The molecule has 4 heteroatoms. The van der Waals surface area contributed by atoms with Gasteiger partial charge in [0.1, 0.15) is 5.82 Å². The van der Waals surface area contributed by atoms with Crippen molar-refractivity contribution in [1.29, 1.82) is 0 Å². The number of nitrogens with zero attached hydrogens (tertiary/aromatic N) is 2. The molecule has 2 saturated carbocycles. The summed E-state index contributed by atoms with van der Waals surface area (Å²) in [5.74, 6) is 3.20. The summed E-state index contributed by atoms with van der Waals surface area (Å²) in [5.41, 5.74) is 2.66. The van der Waals surface area contributed by atoms with E-state index in [0.717, 1.165) is 36.2 Å². The lowest BCUT2D eigenvalue weighted by Crippen LogP contribution is -2.57. The van der Waals surface area contributed by atoms with E-state index in [1.165, 1.54) is 31.2 Å². The zero-order chi connectivity index (χ0) is 17.8. The van der Waals surface area contributed by atoms with Crippen LogP contribution in [0.3, 0.4) is 0 Å². The van der Waals surface area contributed by atoms with Gasteiger partial charge in [-0.2, -0.15) is 0 Å². The van der Waals surface area contributed by atoms with Crippen molar-refractivity contribution in [2.45, 2.75) is 50.6 Å². The van der Waals surface area contributed by atoms with Crippen LogP contribution in [0.2, 0.25) is 0 Å². The highest BCUT2D eigenvalue weighted by Gasteiger charge is 2.50. The Labute approximate surface area is 156 Å². The molecule has 4 nitrogen and oxygen atoms in total. The summed E-state index contributed by atoms with van der Waals surface area (Å²) >= 11 is 0. The third kappa shape index (κ3) is 3.67. The van der Waals surface area contributed by atoms with Crippen LogP contribution >= 0.6 is 0 Å². The van der Waals surface area contributed by atoms with Crippen molar-refractivity contribution in [3.63, 3.8) is 0 Å². The molecule has 26 heavy (non-hydrogen) atoms. The second-order valence-corrected chi connectivity index (χ2v) is 7.71. The van der Waals surface area contributed by atoms with Crippen molar-refractivity contribution < 1.29 is 4.74 Å². The number of nitrogens with one attached hydrogen (secondary N) is 1. The van der Waals surface area contributed by atoms with Crippen LogP contribution in [0.15, 0.2) is 42.7 Å². The molecule has 138 valence electrons. The van der Waals surface area contributed by atoms with Gasteiger partial charge in [0.2, 0.25) is 0 Å². The van der Waals surface area contributed by atoms with Crippen molar-refractivity contribution in [1.82, 2.24) is 15.3 Å². The Bertz CT molecular complexity index is 688. The molecule has 2 fully saturated rings. The highest BCUT2D eigenvalue weighted by molar-refractivity contribution is 5.28. The van der Waals surface area contributed by atoms with Gasteiger partial charge in [0.05, 0.1) is 6.61 Å². The molecule has 0 radical (unpaired) electrons. The van der Waals surface area contributed by atoms with E-state index in [4.69, 9.17) is 4.74 Å². The Morgan fingerprint density at radius 1 is 1.04 bits per heavy atom. The van der Waals surface area contributed by atoms with E-state index in [1.807, 2.05) is 12.4 Å². The van der Waals surface area contributed by atoms with Gasteiger partial charge in [-0.25, -0.2) is 9.97 Å². The van der Waals surface area contributed by atoms with E-state index >= 15 is 0 Å². The summed E-state index contributed by atoms with van der Waals surface area (Å²) in [6, 6.07) is 11.7. The van der Waals surface area contributed by atoms with E-state index in [0.29, 0.717) is 18.6 Å². The number of rotatable bonds is 7. The van der Waals surface area contributed by atoms with Crippen molar-refractivity contribution in [2.24, 2.45) is 11.8 Å². The molecular formula is C22H29N3O. The Morgan fingerprint density at radius 3 is 2.50 bits per heavy atom. The van der Waals surface area contributed by atoms with E-state index < -0.39 is 0 Å². The van der Waals surface area contributed by atoms with E-state index in [2.05, 4.69) is 45.6 Å². The first-order valence-corrected chi connectivity index (χ1v) is 9.94. The van der Waals surface area contributed by atoms with Gasteiger partial charge in [-0.3, -0.25) is 0 Å². The summed E-state index contributed by atoms with van der Waals surface area (Å²) in [5, 5.41) is 3.84. The maximum absolute atomic E-state index is 5.09. The maximum Gasteiger partial charge on any atom is 0.130 e. The SMILES string of the molecule is COCCc1ncc(CN[C@@H]2[C@H]3CCCC[C@@H]3[C@H]2c2ccccc2)cn1. The Balaban J connectivity index is 1.41. The van der Waals surface area contributed by atoms with E-state index in [-0.39, 0.29) is 0 Å². The van der Waals surface area contributed by atoms with Crippen LogP contribution in [0, 0.1) is 11.8 Å². The molecule has 2 aliphatic rings. The lowest BCUT2D eigenvalue weighted by Gasteiger charge is -2.55. The lowest BCUT2D eigenvalue weighted by atomic mass is 9.53. The number of benzene rings is 1. The van der Waals surface area contributed by atoms with Gasteiger partial charge in [0, 0.05) is 50.0 Å².